The summed E-state index contributed by atoms with van der Waals surface area (Å²) in [6, 6.07) is 0. The Hall–Kier alpha value is -0.520. The first-order valence-electron chi connectivity index (χ1n) is 7.20. The number of rotatable bonds is 6. The SMILES string of the molecule is CCCC[C@@H]1/C=C\C[C@H](CCCC)/C=C\C1. The van der Waals surface area contributed by atoms with Crippen LogP contribution in [0, 0.1) is 11.8 Å². The summed E-state index contributed by atoms with van der Waals surface area (Å²) in [6.07, 6.45) is 20.5. The molecule has 0 amide bonds. The van der Waals surface area contributed by atoms with Gasteiger partial charge in [0, 0.05) is 0 Å². The Balaban J connectivity index is 2.32. The zero-order valence-electron chi connectivity index (χ0n) is 11.1. The van der Waals surface area contributed by atoms with Gasteiger partial charge in [-0.3, -0.25) is 0 Å². The molecule has 0 aromatic heterocycles. The molecule has 0 unspecified atom stereocenters. The van der Waals surface area contributed by atoms with Gasteiger partial charge >= 0.3 is 0 Å². The van der Waals surface area contributed by atoms with Crippen molar-refractivity contribution >= 4 is 0 Å². The van der Waals surface area contributed by atoms with E-state index in [1.807, 2.05) is 0 Å². The zero-order valence-corrected chi connectivity index (χ0v) is 11.1. The van der Waals surface area contributed by atoms with Crippen LogP contribution in [0.2, 0.25) is 0 Å². The van der Waals surface area contributed by atoms with Crippen molar-refractivity contribution in [2.75, 3.05) is 0 Å². The number of allylic oxidation sites excluding steroid dienone is 4. The Kier molecular flexibility index (Phi) is 7.29. The van der Waals surface area contributed by atoms with Crippen molar-refractivity contribution in [1.29, 1.82) is 0 Å². The molecule has 92 valence electrons. The van der Waals surface area contributed by atoms with Crippen LogP contribution in [0.3, 0.4) is 0 Å². The van der Waals surface area contributed by atoms with Gasteiger partial charge in [-0.1, -0.05) is 63.8 Å². The van der Waals surface area contributed by atoms with E-state index >= 15 is 0 Å². The van der Waals surface area contributed by atoms with Crippen LogP contribution < -0.4 is 0 Å². The lowest BCUT2D eigenvalue weighted by Gasteiger charge is -2.15. The van der Waals surface area contributed by atoms with Gasteiger partial charge in [0.25, 0.3) is 0 Å². The van der Waals surface area contributed by atoms with Crippen LogP contribution in [0.25, 0.3) is 0 Å². The van der Waals surface area contributed by atoms with E-state index in [-0.39, 0.29) is 0 Å². The molecule has 0 heteroatoms. The van der Waals surface area contributed by atoms with Gasteiger partial charge in [0.05, 0.1) is 0 Å². The molecule has 0 saturated carbocycles. The fourth-order valence-corrected chi connectivity index (χ4v) is 2.41. The third-order valence-corrected chi connectivity index (χ3v) is 3.55. The van der Waals surface area contributed by atoms with Gasteiger partial charge in [-0.25, -0.2) is 0 Å². The second-order valence-corrected chi connectivity index (χ2v) is 5.13. The molecule has 2 atom stereocenters. The van der Waals surface area contributed by atoms with Gasteiger partial charge in [-0.15, -0.1) is 0 Å². The van der Waals surface area contributed by atoms with Crippen molar-refractivity contribution in [2.45, 2.75) is 65.2 Å². The summed E-state index contributed by atoms with van der Waals surface area (Å²) in [7, 11) is 0. The van der Waals surface area contributed by atoms with Crippen LogP contribution >= 0.6 is 0 Å². The standard InChI is InChI=1S/C16H28/c1-3-5-9-15-11-7-13-16(10-6-4-2)14-8-12-15/h7-8,11,14-16H,3-6,9-10,12-13H2,1-2H3/b11-7-,14-8-/t15-,16+/m1/s1. The first kappa shape index (κ1) is 13.5. The fraction of sp³-hybridized carbons (Fsp3) is 0.750. The van der Waals surface area contributed by atoms with Gasteiger partial charge in [-0.2, -0.15) is 0 Å². The Morgan fingerprint density at radius 3 is 1.62 bits per heavy atom. The van der Waals surface area contributed by atoms with Crippen molar-refractivity contribution in [3.8, 4) is 0 Å². The molecule has 0 bridgehead atoms. The maximum Gasteiger partial charge on any atom is -0.0199 e. The van der Waals surface area contributed by atoms with Crippen molar-refractivity contribution in [1.82, 2.24) is 0 Å². The van der Waals surface area contributed by atoms with Crippen LogP contribution in [-0.4, -0.2) is 0 Å². The van der Waals surface area contributed by atoms with Crippen molar-refractivity contribution < 1.29 is 0 Å². The van der Waals surface area contributed by atoms with Gasteiger partial charge in [-0.05, 0) is 37.5 Å². The molecular formula is C16H28. The predicted molar refractivity (Wildman–Crippen MR) is 73.5 cm³/mol. The Labute approximate surface area is 102 Å². The molecule has 0 aromatic carbocycles. The summed E-state index contributed by atoms with van der Waals surface area (Å²) in [5, 5.41) is 0. The fourth-order valence-electron chi connectivity index (χ4n) is 2.41. The second-order valence-electron chi connectivity index (χ2n) is 5.13. The van der Waals surface area contributed by atoms with E-state index in [0.717, 1.165) is 11.8 Å². The average molecular weight is 220 g/mol. The molecule has 0 saturated heterocycles. The summed E-state index contributed by atoms with van der Waals surface area (Å²) >= 11 is 0. The predicted octanol–water partition coefficient (Wildman–Crippen LogP) is 5.51. The molecule has 0 radical (unpaired) electrons. The van der Waals surface area contributed by atoms with E-state index in [2.05, 4.69) is 38.2 Å². The molecule has 0 N–H and O–H groups in total. The third-order valence-electron chi connectivity index (χ3n) is 3.55. The quantitative estimate of drug-likeness (QED) is 0.518. The monoisotopic (exact) mass is 220 g/mol. The largest absolute Gasteiger partial charge is 0.0877 e. The summed E-state index contributed by atoms with van der Waals surface area (Å²) in [5.41, 5.74) is 0. The second kappa shape index (κ2) is 8.61. The van der Waals surface area contributed by atoms with Gasteiger partial charge in [0.2, 0.25) is 0 Å². The first-order valence-corrected chi connectivity index (χ1v) is 7.20. The Bertz CT molecular complexity index is 188. The molecule has 0 aromatic rings. The highest BCUT2D eigenvalue weighted by Gasteiger charge is 2.07. The van der Waals surface area contributed by atoms with E-state index in [1.54, 1.807) is 0 Å². The minimum atomic E-state index is 0.809. The number of hydrogen-bond donors (Lipinski definition) is 0. The van der Waals surface area contributed by atoms with Crippen molar-refractivity contribution in [3.05, 3.63) is 24.3 Å². The molecule has 0 heterocycles. The van der Waals surface area contributed by atoms with E-state index in [1.165, 1.54) is 51.4 Å². The summed E-state index contributed by atoms with van der Waals surface area (Å²) in [5.74, 6) is 1.62. The van der Waals surface area contributed by atoms with Gasteiger partial charge < -0.3 is 0 Å². The molecule has 1 aliphatic carbocycles. The van der Waals surface area contributed by atoms with Gasteiger partial charge in [0.15, 0.2) is 0 Å². The minimum Gasteiger partial charge on any atom is -0.0877 e. The van der Waals surface area contributed by atoms with Gasteiger partial charge in [0.1, 0.15) is 0 Å². The molecule has 1 aliphatic rings. The highest BCUT2D eigenvalue weighted by Crippen LogP contribution is 2.22. The summed E-state index contributed by atoms with van der Waals surface area (Å²) in [4.78, 5) is 0. The summed E-state index contributed by atoms with van der Waals surface area (Å²) < 4.78 is 0. The molecule has 0 fully saturated rings. The van der Waals surface area contributed by atoms with E-state index < -0.39 is 0 Å². The Morgan fingerprint density at radius 2 is 1.25 bits per heavy atom. The molecule has 16 heavy (non-hydrogen) atoms. The van der Waals surface area contributed by atoms with E-state index in [0.29, 0.717) is 0 Å². The Morgan fingerprint density at radius 1 is 0.812 bits per heavy atom. The van der Waals surface area contributed by atoms with Crippen molar-refractivity contribution in [2.24, 2.45) is 11.8 Å². The lowest BCUT2D eigenvalue weighted by atomic mass is 9.90. The van der Waals surface area contributed by atoms with Crippen LogP contribution in [-0.2, 0) is 0 Å². The van der Waals surface area contributed by atoms with E-state index in [4.69, 9.17) is 0 Å². The summed E-state index contributed by atoms with van der Waals surface area (Å²) in [6.45, 7) is 4.56. The van der Waals surface area contributed by atoms with Crippen LogP contribution in [0.1, 0.15) is 65.2 Å². The molecule has 0 aliphatic heterocycles. The third kappa shape index (κ3) is 5.53. The maximum absolute atomic E-state index is 2.47. The topological polar surface area (TPSA) is 0 Å². The molecule has 0 spiro atoms. The molecular weight excluding hydrogens is 192 g/mol. The number of hydrogen-bond acceptors (Lipinski definition) is 0. The van der Waals surface area contributed by atoms with Crippen LogP contribution in [0.4, 0.5) is 0 Å². The van der Waals surface area contributed by atoms with E-state index in [9.17, 15) is 0 Å². The number of unbranched alkanes of at least 4 members (excludes halogenated alkanes) is 2. The first-order chi connectivity index (χ1) is 7.86. The lowest BCUT2D eigenvalue weighted by Crippen LogP contribution is -2.01. The van der Waals surface area contributed by atoms with Crippen LogP contribution in [0.5, 0.6) is 0 Å². The lowest BCUT2D eigenvalue weighted by molar-refractivity contribution is 0.527. The normalized spacial score (nSPS) is 29.4. The smallest absolute Gasteiger partial charge is 0.0199 e. The zero-order chi connectivity index (χ0) is 11.6. The molecule has 0 nitrogen and oxygen atoms in total. The van der Waals surface area contributed by atoms with Crippen LogP contribution in [0.15, 0.2) is 24.3 Å². The highest BCUT2D eigenvalue weighted by atomic mass is 14.1. The highest BCUT2D eigenvalue weighted by molar-refractivity contribution is 5.01. The maximum atomic E-state index is 2.47. The van der Waals surface area contributed by atoms with Crippen molar-refractivity contribution in [3.63, 3.8) is 0 Å². The minimum absolute atomic E-state index is 0.809. The average Bonchev–Trinajstić information content (AvgIpc) is 2.26. The molecule has 1 rings (SSSR count).